The zero-order chi connectivity index (χ0) is 18.6. The van der Waals surface area contributed by atoms with Gasteiger partial charge in [-0.1, -0.05) is 36.7 Å². The summed E-state index contributed by atoms with van der Waals surface area (Å²) in [6, 6.07) is 12.8. The smallest absolute Gasteiger partial charge is 0.239 e. The summed E-state index contributed by atoms with van der Waals surface area (Å²) in [5.74, 6) is -0.755. The predicted molar refractivity (Wildman–Crippen MR) is 103 cm³/mol. The number of benzene rings is 2. The van der Waals surface area contributed by atoms with E-state index in [2.05, 4.69) is 17.6 Å². The van der Waals surface area contributed by atoms with Crippen LogP contribution in [0.3, 0.4) is 0 Å². The van der Waals surface area contributed by atoms with Crippen molar-refractivity contribution in [1.82, 2.24) is 0 Å². The van der Waals surface area contributed by atoms with Gasteiger partial charge in [0.05, 0.1) is 0 Å². The van der Waals surface area contributed by atoms with Crippen molar-refractivity contribution in [2.24, 2.45) is 5.41 Å². The summed E-state index contributed by atoms with van der Waals surface area (Å²) in [5.41, 5.74) is 2.10. The zero-order valence-corrected chi connectivity index (χ0v) is 15.7. The number of aryl methyl sites for hydroxylation is 2. The molecular weight excluding hydrogens is 336 g/mol. The van der Waals surface area contributed by atoms with E-state index >= 15 is 0 Å². The van der Waals surface area contributed by atoms with Crippen LogP contribution in [0.25, 0.3) is 0 Å². The highest BCUT2D eigenvalue weighted by Gasteiger charge is 2.36. The largest absolute Gasteiger partial charge is 0.325 e. The summed E-state index contributed by atoms with van der Waals surface area (Å²) in [5, 5.41) is 6.12. The molecule has 0 saturated carbocycles. The topological polar surface area (TPSA) is 58.2 Å². The van der Waals surface area contributed by atoms with Gasteiger partial charge in [0.25, 0.3) is 0 Å². The van der Waals surface area contributed by atoms with Crippen LogP contribution in [0.1, 0.15) is 31.9 Å². The van der Waals surface area contributed by atoms with Crippen molar-refractivity contribution >= 4 is 34.8 Å². The number of halogens is 1. The van der Waals surface area contributed by atoms with Crippen LogP contribution in [-0.2, 0) is 16.0 Å². The first-order chi connectivity index (χ1) is 11.7. The Bertz CT molecular complexity index is 783. The van der Waals surface area contributed by atoms with E-state index in [4.69, 9.17) is 11.6 Å². The fourth-order valence-electron chi connectivity index (χ4n) is 2.22. The molecule has 0 spiro atoms. The Morgan fingerprint density at radius 3 is 2.20 bits per heavy atom. The maximum atomic E-state index is 12.6. The van der Waals surface area contributed by atoms with Crippen LogP contribution >= 0.6 is 11.6 Å². The van der Waals surface area contributed by atoms with Gasteiger partial charge in [-0.3, -0.25) is 9.59 Å². The van der Waals surface area contributed by atoms with Gasteiger partial charge in [0.1, 0.15) is 5.41 Å². The van der Waals surface area contributed by atoms with Crippen molar-refractivity contribution < 1.29 is 9.59 Å². The average molecular weight is 359 g/mol. The summed E-state index contributed by atoms with van der Waals surface area (Å²) in [7, 11) is 0. The summed E-state index contributed by atoms with van der Waals surface area (Å²) in [4.78, 5) is 25.2. The van der Waals surface area contributed by atoms with Crippen LogP contribution in [0, 0.1) is 12.3 Å². The van der Waals surface area contributed by atoms with Crippen molar-refractivity contribution in [3.63, 3.8) is 0 Å². The number of hydrogen-bond donors (Lipinski definition) is 2. The van der Waals surface area contributed by atoms with E-state index in [9.17, 15) is 9.59 Å². The summed E-state index contributed by atoms with van der Waals surface area (Å²) in [6.45, 7) is 7.13. The number of rotatable bonds is 5. The first kappa shape index (κ1) is 19.0. The first-order valence-corrected chi connectivity index (χ1v) is 8.60. The molecule has 4 nitrogen and oxygen atoms in total. The summed E-state index contributed by atoms with van der Waals surface area (Å²) >= 11 is 5.98. The lowest BCUT2D eigenvalue weighted by molar-refractivity contribution is -0.135. The fraction of sp³-hybridized carbons (Fsp3) is 0.300. The second-order valence-electron chi connectivity index (χ2n) is 6.54. The van der Waals surface area contributed by atoms with Gasteiger partial charge in [-0.15, -0.1) is 0 Å². The third kappa shape index (κ3) is 4.60. The van der Waals surface area contributed by atoms with Gasteiger partial charge in [-0.2, -0.15) is 0 Å². The minimum absolute atomic E-state index is 0.367. The second-order valence-corrected chi connectivity index (χ2v) is 6.98. The molecule has 0 bridgehead atoms. The molecule has 2 aromatic carbocycles. The van der Waals surface area contributed by atoms with Gasteiger partial charge >= 0.3 is 0 Å². The van der Waals surface area contributed by atoms with Crippen molar-refractivity contribution in [2.45, 2.75) is 34.1 Å². The number of hydrogen-bond acceptors (Lipinski definition) is 2. The molecule has 2 N–H and O–H groups in total. The average Bonchev–Trinajstić information content (AvgIpc) is 2.58. The predicted octanol–water partition coefficient (Wildman–Crippen LogP) is 4.81. The van der Waals surface area contributed by atoms with Gasteiger partial charge in [0, 0.05) is 16.4 Å². The third-order valence-electron chi connectivity index (χ3n) is 4.20. The fourth-order valence-corrected chi connectivity index (χ4v) is 2.39. The minimum Gasteiger partial charge on any atom is -0.325 e. The Kier molecular flexibility index (Phi) is 5.85. The molecule has 0 aliphatic carbocycles. The van der Waals surface area contributed by atoms with Crippen LogP contribution in [0.4, 0.5) is 11.4 Å². The highest BCUT2D eigenvalue weighted by molar-refractivity contribution is 6.31. The second kappa shape index (κ2) is 7.70. The molecule has 2 amide bonds. The number of carbonyl (C=O) groups excluding carboxylic acids is 2. The molecule has 0 fully saturated rings. The maximum Gasteiger partial charge on any atom is 0.239 e. The molecule has 2 rings (SSSR count). The molecule has 0 aliphatic rings. The summed E-state index contributed by atoms with van der Waals surface area (Å²) in [6.07, 6.45) is 0.932. The Hall–Kier alpha value is -2.33. The van der Waals surface area contributed by atoms with E-state index in [0.717, 1.165) is 12.0 Å². The molecule has 5 heteroatoms. The quantitative estimate of drug-likeness (QED) is 0.753. The number of carbonyl (C=O) groups is 2. The number of anilines is 2. The van der Waals surface area contributed by atoms with E-state index in [1.807, 2.05) is 37.3 Å². The van der Waals surface area contributed by atoms with E-state index in [1.54, 1.807) is 26.0 Å². The minimum atomic E-state index is -1.24. The van der Waals surface area contributed by atoms with Crippen molar-refractivity contribution in [2.75, 3.05) is 10.6 Å². The standard InChI is InChI=1S/C20H23ClN2O2/c1-5-14-7-10-16(11-8-14)22-18(24)20(3,4)19(25)23-17-12-15(21)9-6-13(17)2/h6-12H,5H2,1-4H3,(H,22,24)(H,23,25). The van der Waals surface area contributed by atoms with Crippen molar-refractivity contribution in [1.29, 1.82) is 0 Å². The third-order valence-corrected chi connectivity index (χ3v) is 4.44. The van der Waals surface area contributed by atoms with Gasteiger partial charge in [-0.05, 0) is 62.6 Å². The number of amides is 2. The highest BCUT2D eigenvalue weighted by atomic mass is 35.5. The molecule has 25 heavy (non-hydrogen) atoms. The monoisotopic (exact) mass is 358 g/mol. The Morgan fingerprint density at radius 1 is 1.00 bits per heavy atom. The lowest BCUT2D eigenvalue weighted by Crippen LogP contribution is -2.41. The van der Waals surface area contributed by atoms with Crippen LogP contribution < -0.4 is 10.6 Å². The molecule has 2 aromatic rings. The molecule has 0 unspecified atom stereocenters. The van der Waals surface area contributed by atoms with Gasteiger partial charge in [0.2, 0.25) is 11.8 Å². The molecule has 0 radical (unpaired) electrons. The first-order valence-electron chi connectivity index (χ1n) is 8.22. The summed E-state index contributed by atoms with van der Waals surface area (Å²) < 4.78 is 0. The molecule has 0 heterocycles. The van der Waals surface area contributed by atoms with Gasteiger partial charge in [0.15, 0.2) is 0 Å². The molecule has 0 atom stereocenters. The Labute approximate surface area is 153 Å². The molecule has 132 valence electrons. The SMILES string of the molecule is CCc1ccc(NC(=O)C(C)(C)C(=O)Nc2cc(Cl)ccc2C)cc1. The van der Waals surface area contributed by atoms with Gasteiger partial charge < -0.3 is 10.6 Å². The van der Waals surface area contributed by atoms with Crippen LogP contribution in [0.15, 0.2) is 42.5 Å². The Balaban J connectivity index is 2.11. The lowest BCUT2D eigenvalue weighted by atomic mass is 9.90. The number of nitrogens with one attached hydrogen (secondary N) is 2. The van der Waals surface area contributed by atoms with Crippen molar-refractivity contribution in [3.05, 3.63) is 58.6 Å². The van der Waals surface area contributed by atoms with E-state index in [0.29, 0.717) is 16.4 Å². The molecule has 0 aromatic heterocycles. The van der Waals surface area contributed by atoms with Crippen LogP contribution in [0.2, 0.25) is 5.02 Å². The lowest BCUT2D eigenvalue weighted by Gasteiger charge is -2.23. The van der Waals surface area contributed by atoms with Crippen LogP contribution in [-0.4, -0.2) is 11.8 Å². The highest BCUT2D eigenvalue weighted by Crippen LogP contribution is 2.25. The molecular formula is C20H23ClN2O2. The van der Waals surface area contributed by atoms with Crippen LogP contribution in [0.5, 0.6) is 0 Å². The molecule has 0 aliphatic heterocycles. The molecule has 0 saturated heterocycles. The van der Waals surface area contributed by atoms with Gasteiger partial charge in [-0.25, -0.2) is 0 Å². The zero-order valence-electron chi connectivity index (χ0n) is 14.9. The van der Waals surface area contributed by atoms with Crippen molar-refractivity contribution in [3.8, 4) is 0 Å². The maximum absolute atomic E-state index is 12.6. The van der Waals surface area contributed by atoms with E-state index in [-0.39, 0.29) is 11.8 Å². The van der Waals surface area contributed by atoms with E-state index in [1.165, 1.54) is 5.56 Å². The van der Waals surface area contributed by atoms with E-state index < -0.39 is 5.41 Å². The Morgan fingerprint density at radius 2 is 1.60 bits per heavy atom. The normalized spacial score (nSPS) is 11.1.